The molecule has 0 N–H and O–H groups in total. The van der Waals surface area contributed by atoms with E-state index in [9.17, 15) is 18.0 Å². The van der Waals surface area contributed by atoms with Crippen LogP contribution in [0.5, 0.6) is 0 Å². The molecule has 1 aliphatic rings. The second-order valence-corrected chi connectivity index (χ2v) is 10.5. The third-order valence-corrected chi connectivity index (χ3v) is 7.86. The van der Waals surface area contributed by atoms with Crippen molar-refractivity contribution in [3.05, 3.63) is 65.2 Å². The van der Waals surface area contributed by atoms with Crippen LogP contribution >= 0.6 is 0 Å². The average molecular weight is 473 g/mol. The van der Waals surface area contributed by atoms with Crippen LogP contribution < -0.4 is 0 Å². The summed E-state index contributed by atoms with van der Waals surface area (Å²) in [6, 6.07) is 14.0. The van der Waals surface area contributed by atoms with Gasteiger partial charge in [-0.3, -0.25) is 4.79 Å². The Bertz CT molecular complexity index is 1080. The summed E-state index contributed by atoms with van der Waals surface area (Å²) in [5, 5.41) is 0. The first-order valence-electron chi connectivity index (χ1n) is 11.3. The smallest absolute Gasteiger partial charge is 0.338 e. The number of esters is 1. The molecule has 1 saturated heterocycles. The number of piperidine rings is 1. The van der Waals surface area contributed by atoms with E-state index in [0.29, 0.717) is 25.2 Å². The highest BCUT2D eigenvalue weighted by Gasteiger charge is 2.28. The molecule has 3 rings (SSSR count). The number of rotatable bonds is 8. The van der Waals surface area contributed by atoms with E-state index in [1.165, 1.54) is 16.4 Å². The van der Waals surface area contributed by atoms with E-state index in [1.54, 1.807) is 17.9 Å². The quantitative estimate of drug-likeness (QED) is 0.546. The van der Waals surface area contributed by atoms with Gasteiger partial charge in [-0.05, 0) is 56.9 Å². The lowest BCUT2D eigenvalue weighted by Crippen LogP contribution is -2.39. The summed E-state index contributed by atoms with van der Waals surface area (Å²) < 4.78 is 32.9. The molecule has 1 aliphatic heterocycles. The van der Waals surface area contributed by atoms with E-state index in [0.717, 1.165) is 24.8 Å². The lowest BCUT2D eigenvalue weighted by atomic mass is 10.1. The van der Waals surface area contributed by atoms with Crippen molar-refractivity contribution in [2.24, 2.45) is 0 Å². The van der Waals surface area contributed by atoms with Crippen molar-refractivity contribution < 1.29 is 22.7 Å². The fourth-order valence-electron chi connectivity index (χ4n) is 3.88. The van der Waals surface area contributed by atoms with Crippen molar-refractivity contribution >= 4 is 21.9 Å². The number of nitrogens with zero attached hydrogens (tertiary/aromatic N) is 2. The van der Waals surface area contributed by atoms with Gasteiger partial charge >= 0.3 is 5.97 Å². The van der Waals surface area contributed by atoms with Gasteiger partial charge in [-0.1, -0.05) is 42.8 Å². The van der Waals surface area contributed by atoms with Gasteiger partial charge in [-0.25, -0.2) is 13.2 Å². The van der Waals surface area contributed by atoms with Crippen LogP contribution in [0.4, 0.5) is 0 Å². The molecule has 0 unspecified atom stereocenters. The Labute approximate surface area is 196 Å². The molecule has 2 aromatic carbocycles. The molecular weight excluding hydrogens is 440 g/mol. The van der Waals surface area contributed by atoms with Gasteiger partial charge in [0.25, 0.3) is 5.91 Å². The number of ether oxygens (including phenoxy) is 1. The lowest BCUT2D eigenvalue weighted by Gasteiger charge is -2.27. The summed E-state index contributed by atoms with van der Waals surface area (Å²) in [5.74, 6) is -1.03. The molecule has 0 radical (unpaired) electrons. The second kappa shape index (κ2) is 10.9. The van der Waals surface area contributed by atoms with Gasteiger partial charge in [0, 0.05) is 25.7 Å². The van der Waals surface area contributed by atoms with E-state index in [1.807, 2.05) is 44.2 Å². The molecule has 8 heteroatoms. The molecule has 0 atom stereocenters. The van der Waals surface area contributed by atoms with Crippen LogP contribution in [0.25, 0.3) is 0 Å². The van der Waals surface area contributed by atoms with E-state index in [2.05, 4.69) is 0 Å². The first kappa shape index (κ1) is 24.9. The number of carbonyl (C=O) groups excluding carboxylic acids is 2. The molecule has 1 amide bonds. The van der Waals surface area contributed by atoms with Crippen molar-refractivity contribution in [3.8, 4) is 0 Å². The highest BCUT2D eigenvalue weighted by molar-refractivity contribution is 7.89. The van der Waals surface area contributed by atoms with Crippen molar-refractivity contribution in [2.75, 3.05) is 19.7 Å². The Morgan fingerprint density at radius 1 is 1.03 bits per heavy atom. The fourth-order valence-corrected chi connectivity index (χ4v) is 5.65. The zero-order valence-corrected chi connectivity index (χ0v) is 20.3. The Morgan fingerprint density at radius 2 is 1.70 bits per heavy atom. The summed E-state index contributed by atoms with van der Waals surface area (Å²) in [6.07, 6.45) is 2.68. The molecule has 0 aliphatic carbocycles. The molecule has 0 bridgehead atoms. The van der Waals surface area contributed by atoms with Gasteiger partial charge in [-0.2, -0.15) is 4.31 Å². The minimum Gasteiger partial charge on any atom is -0.452 e. The summed E-state index contributed by atoms with van der Waals surface area (Å²) in [6.45, 7) is 6.48. The largest absolute Gasteiger partial charge is 0.452 e. The number of aryl methyl sites for hydroxylation is 1. The number of amides is 1. The number of carbonyl (C=O) groups is 2. The maximum Gasteiger partial charge on any atom is 0.338 e. The molecule has 0 aromatic heterocycles. The first-order valence-corrected chi connectivity index (χ1v) is 12.8. The minimum absolute atomic E-state index is 0.0722. The third-order valence-electron chi connectivity index (χ3n) is 5.82. The topological polar surface area (TPSA) is 84.0 Å². The Kier molecular flexibility index (Phi) is 8.26. The van der Waals surface area contributed by atoms with Gasteiger partial charge in [0.15, 0.2) is 6.61 Å². The van der Waals surface area contributed by atoms with Crippen molar-refractivity contribution in [1.82, 2.24) is 9.21 Å². The van der Waals surface area contributed by atoms with E-state index >= 15 is 0 Å². The normalized spacial score (nSPS) is 14.8. The van der Waals surface area contributed by atoms with Crippen molar-refractivity contribution in [2.45, 2.75) is 57.5 Å². The standard InChI is InChI=1S/C25H32N2O5S/c1-19(2)27(17-21-10-6-4-7-11-21)24(28)18-32-25(29)22-13-12-20(3)23(16-22)33(30,31)26-14-8-5-9-15-26/h4,6-7,10-13,16,19H,5,8-9,14-15,17-18H2,1-3H3. The van der Waals surface area contributed by atoms with Crippen LogP contribution in [0, 0.1) is 6.92 Å². The van der Waals surface area contributed by atoms with Crippen LogP contribution in [0.3, 0.4) is 0 Å². The van der Waals surface area contributed by atoms with Crippen LogP contribution in [-0.4, -0.2) is 55.2 Å². The molecule has 0 spiro atoms. The zero-order chi connectivity index (χ0) is 24.0. The molecule has 1 heterocycles. The van der Waals surface area contributed by atoms with Crippen LogP contribution in [0.2, 0.25) is 0 Å². The summed E-state index contributed by atoms with van der Waals surface area (Å²) in [5.41, 5.74) is 1.67. The molecule has 0 saturated carbocycles. The SMILES string of the molecule is Cc1ccc(C(=O)OCC(=O)N(Cc2ccccc2)C(C)C)cc1S(=O)(=O)N1CCCCC1. The summed E-state index contributed by atoms with van der Waals surface area (Å²) in [7, 11) is -3.69. The van der Waals surface area contributed by atoms with Gasteiger partial charge < -0.3 is 9.64 Å². The summed E-state index contributed by atoms with van der Waals surface area (Å²) >= 11 is 0. The minimum atomic E-state index is -3.69. The van der Waals surface area contributed by atoms with Crippen molar-refractivity contribution in [3.63, 3.8) is 0 Å². The molecule has 7 nitrogen and oxygen atoms in total. The van der Waals surface area contributed by atoms with Gasteiger partial charge in [-0.15, -0.1) is 0 Å². The second-order valence-electron chi connectivity index (χ2n) is 8.62. The predicted molar refractivity (Wildman–Crippen MR) is 126 cm³/mol. The number of benzene rings is 2. The molecule has 1 fully saturated rings. The monoisotopic (exact) mass is 472 g/mol. The van der Waals surface area contributed by atoms with Crippen LogP contribution in [-0.2, 0) is 26.1 Å². The fraction of sp³-hybridized carbons (Fsp3) is 0.440. The van der Waals surface area contributed by atoms with Crippen LogP contribution in [0.15, 0.2) is 53.4 Å². The van der Waals surface area contributed by atoms with Gasteiger partial charge in [0.1, 0.15) is 0 Å². The van der Waals surface area contributed by atoms with Crippen LogP contribution in [0.1, 0.15) is 54.6 Å². The average Bonchev–Trinajstić information content (AvgIpc) is 2.82. The van der Waals surface area contributed by atoms with Gasteiger partial charge in [0.2, 0.25) is 10.0 Å². The number of sulfonamides is 1. The maximum atomic E-state index is 13.1. The molecule has 178 valence electrons. The molecule has 33 heavy (non-hydrogen) atoms. The Balaban J connectivity index is 1.69. The predicted octanol–water partition coefficient (Wildman–Crippen LogP) is 3.76. The lowest BCUT2D eigenvalue weighted by molar-refractivity contribution is -0.136. The third kappa shape index (κ3) is 6.21. The number of hydrogen-bond donors (Lipinski definition) is 0. The highest BCUT2D eigenvalue weighted by atomic mass is 32.2. The highest BCUT2D eigenvalue weighted by Crippen LogP contribution is 2.24. The van der Waals surface area contributed by atoms with E-state index in [-0.39, 0.29) is 22.4 Å². The molecule has 2 aromatic rings. The number of hydrogen-bond acceptors (Lipinski definition) is 5. The first-order chi connectivity index (χ1) is 15.7. The Hall–Kier alpha value is -2.71. The van der Waals surface area contributed by atoms with E-state index < -0.39 is 22.6 Å². The summed E-state index contributed by atoms with van der Waals surface area (Å²) in [4.78, 5) is 27.2. The Morgan fingerprint density at radius 3 is 2.33 bits per heavy atom. The van der Waals surface area contributed by atoms with Gasteiger partial charge in [0.05, 0.1) is 10.5 Å². The van der Waals surface area contributed by atoms with E-state index in [4.69, 9.17) is 4.74 Å². The maximum absolute atomic E-state index is 13.1. The zero-order valence-electron chi connectivity index (χ0n) is 19.5. The molecular formula is C25H32N2O5S. The van der Waals surface area contributed by atoms with Crippen molar-refractivity contribution in [1.29, 1.82) is 0 Å².